The number of nitrogens with zero attached hydrogens (tertiary/aromatic N) is 2. The molecule has 4 nitrogen and oxygen atoms in total. The molecule has 0 amide bonds. The number of aromatic nitrogens is 2. The van der Waals surface area contributed by atoms with Gasteiger partial charge in [-0.05, 0) is 25.0 Å². The van der Waals surface area contributed by atoms with Crippen LogP contribution in [0.25, 0.3) is 10.9 Å². The number of fused-ring (bicyclic) bond motifs is 3. The summed E-state index contributed by atoms with van der Waals surface area (Å²) in [5.41, 5.74) is 0.767. The van der Waals surface area contributed by atoms with Crippen molar-refractivity contribution in [3.8, 4) is 0 Å². The molecule has 0 N–H and O–H groups in total. The van der Waals surface area contributed by atoms with E-state index in [2.05, 4.69) is 5.10 Å². The summed E-state index contributed by atoms with van der Waals surface area (Å²) in [5, 5.41) is 5.50. The Morgan fingerprint density at radius 1 is 1.19 bits per heavy atom. The maximum absolute atomic E-state index is 12.1. The summed E-state index contributed by atoms with van der Waals surface area (Å²) < 4.78 is 25.9. The summed E-state index contributed by atoms with van der Waals surface area (Å²) >= 11 is 0. The van der Waals surface area contributed by atoms with Gasteiger partial charge in [0.25, 0.3) is 0 Å². The fourth-order valence-electron chi connectivity index (χ4n) is 2.19. The number of benzene rings is 1. The molecule has 0 atom stereocenters. The van der Waals surface area contributed by atoms with Gasteiger partial charge in [0.05, 0.1) is 11.3 Å². The quantitative estimate of drug-likeness (QED) is 0.698. The average molecular weight is 236 g/mol. The van der Waals surface area contributed by atoms with E-state index < -0.39 is 9.84 Å². The molecule has 0 unspecified atom stereocenters. The second-order valence-electron chi connectivity index (χ2n) is 4.07. The van der Waals surface area contributed by atoms with Crippen molar-refractivity contribution < 1.29 is 8.42 Å². The van der Waals surface area contributed by atoms with Gasteiger partial charge >= 0.3 is 0 Å². The molecule has 16 heavy (non-hydrogen) atoms. The van der Waals surface area contributed by atoms with Crippen LogP contribution in [0.1, 0.15) is 12.8 Å². The summed E-state index contributed by atoms with van der Waals surface area (Å²) in [6, 6.07) is 7.41. The van der Waals surface area contributed by atoms with E-state index in [0.29, 0.717) is 11.6 Å². The normalized spacial score (nSPS) is 19.2. The number of aryl methyl sites for hydroxylation is 1. The van der Waals surface area contributed by atoms with Gasteiger partial charge in [0.2, 0.25) is 0 Å². The van der Waals surface area contributed by atoms with Gasteiger partial charge in [0.15, 0.2) is 14.9 Å². The Kier molecular flexibility index (Phi) is 2.04. The SMILES string of the molecule is O=S1(=O)CCCCn2nc3ccccc3c21. The molecule has 0 fully saturated rings. The topological polar surface area (TPSA) is 52.0 Å². The van der Waals surface area contributed by atoms with E-state index in [1.54, 1.807) is 4.68 Å². The number of hydrogen-bond donors (Lipinski definition) is 0. The fraction of sp³-hybridized carbons (Fsp3) is 0.364. The Morgan fingerprint density at radius 3 is 2.88 bits per heavy atom. The van der Waals surface area contributed by atoms with Crippen molar-refractivity contribution in [3.63, 3.8) is 0 Å². The number of sulfone groups is 1. The Labute approximate surface area is 93.8 Å². The zero-order valence-electron chi connectivity index (χ0n) is 8.76. The first kappa shape index (κ1) is 9.84. The van der Waals surface area contributed by atoms with Gasteiger partial charge in [-0.2, -0.15) is 5.10 Å². The van der Waals surface area contributed by atoms with Gasteiger partial charge in [-0.25, -0.2) is 8.42 Å². The van der Waals surface area contributed by atoms with Gasteiger partial charge in [0.1, 0.15) is 0 Å². The first-order chi connectivity index (χ1) is 7.68. The van der Waals surface area contributed by atoms with Crippen molar-refractivity contribution in [2.24, 2.45) is 0 Å². The van der Waals surface area contributed by atoms with Crippen LogP contribution in [0.15, 0.2) is 29.3 Å². The van der Waals surface area contributed by atoms with E-state index in [1.165, 1.54) is 0 Å². The highest BCUT2D eigenvalue weighted by molar-refractivity contribution is 7.91. The van der Waals surface area contributed by atoms with Crippen molar-refractivity contribution in [2.75, 3.05) is 5.75 Å². The molecular weight excluding hydrogens is 224 g/mol. The second kappa shape index (κ2) is 3.31. The minimum atomic E-state index is -3.16. The summed E-state index contributed by atoms with van der Waals surface area (Å²) in [5.74, 6) is 0.239. The van der Waals surface area contributed by atoms with Crippen LogP contribution in [0.3, 0.4) is 0 Å². The first-order valence-electron chi connectivity index (χ1n) is 5.37. The number of hydrogen-bond acceptors (Lipinski definition) is 3. The molecule has 0 saturated heterocycles. The van der Waals surface area contributed by atoms with Crippen molar-refractivity contribution >= 4 is 20.7 Å². The lowest BCUT2D eigenvalue weighted by molar-refractivity contribution is 0.542. The number of rotatable bonds is 0. The summed E-state index contributed by atoms with van der Waals surface area (Å²) in [4.78, 5) is 0. The average Bonchev–Trinajstić information content (AvgIpc) is 2.56. The molecule has 2 aromatic rings. The van der Waals surface area contributed by atoms with E-state index in [4.69, 9.17) is 0 Å². The molecular formula is C11H12N2O2S. The molecule has 2 heterocycles. The van der Waals surface area contributed by atoms with Crippen molar-refractivity contribution in [1.82, 2.24) is 9.78 Å². The Hall–Kier alpha value is -1.36. The van der Waals surface area contributed by atoms with Crippen LogP contribution in [0.4, 0.5) is 0 Å². The predicted molar refractivity (Wildman–Crippen MR) is 61.0 cm³/mol. The second-order valence-corrected chi connectivity index (χ2v) is 6.10. The molecule has 1 aliphatic rings. The minimum absolute atomic E-state index is 0.239. The third-order valence-corrected chi connectivity index (χ3v) is 4.77. The summed E-state index contributed by atoms with van der Waals surface area (Å²) in [7, 11) is -3.16. The Morgan fingerprint density at radius 2 is 2.00 bits per heavy atom. The van der Waals surface area contributed by atoms with Gasteiger partial charge in [-0.3, -0.25) is 4.68 Å². The highest BCUT2D eigenvalue weighted by Crippen LogP contribution is 2.26. The van der Waals surface area contributed by atoms with E-state index in [1.807, 2.05) is 24.3 Å². The van der Waals surface area contributed by atoms with Crippen LogP contribution < -0.4 is 0 Å². The Bertz CT molecular complexity index is 643. The lowest BCUT2D eigenvalue weighted by Crippen LogP contribution is -2.09. The van der Waals surface area contributed by atoms with Gasteiger partial charge in [-0.15, -0.1) is 0 Å². The summed E-state index contributed by atoms with van der Waals surface area (Å²) in [6.07, 6.45) is 1.60. The standard InChI is InChI=1S/C11H12N2O2S/c14-16(15)8-4-3-7-13-11(16)9-5-1-2-6-10(9)12-13/h1-2,5-6H,3-4,7-8H2. The molecule has 0 bridgehead atoms. The van der Waals surface area contributed by atoms with E-state index in [9.17, 15) is 8.42 Å². The monoisotopic (exact) mass is 236 g/mol. The lowest BCUT2D eigenvalue weighted by atomic mass is 10.3. The molecule has 1 aliphatic heterocycles. The maximum atomic E-state index is 12.1. The molecule has 5 heteroatoms. The highest BCUT2D eigenvalue weighted by Gasteiger charge is 2.26. The third-order valence-electron chi connectivity index (χ3n) is 2.92. The molecule has 0 spiro atoms. The minimum Gasteiger partial charge on any atom is -0.253 e. The van der Waals surface area contributed by atoms with Crippen LogP contribution >= 0.6 is 0 Å². The van der Waals surface area contributed by atoms with E-state index >= 15 is 0 Å². The first-order valence-corrected chi connectivity index (χ1v) is 7.02. The molecule has 84 valence electrons. The summed E-state index contributed by atoms with van der Waals surface area (Å²) in [6.45, 7) is 0.698. The zero-order chi connectivity index (χ0) is 11.2. The van der Waals surface area contributed by atoms with E-state index in [-0.39, 0.29) is 5.75 Å². The van der Waals surface area contributed by atoms with Crippen LogP contribution in [0.5, 0.6) is 0 Å². The van der Waals surface area contributed by atoms with Gasteiger partial charge in [-0.1, -0.05) is 12.1 Å². The van der Waals surface area contributed by atoms with Crippen LogP contribution in [-0.4, -0.2) is 24.0 Å². The predicted octanol–water partition coefficient (Wildman–Crippen LogP) is 1.60. The smallest absolute Gasteiger partial charge is 0.195 e. The van der Waals surface area contributed by atoms with Crippen molar-refractivity contribution in [1.29, 1.82) is 0 Å². The molecule has 0 saturated carbocycles. The maximum Gasteiger partial charge on any atom is 0.195 e. The highest BCUT2D eigenvalue weighted by atomic mass is 32.2. The van der Waals surface area contributed by atoms with Crippen LogP contribution in [-0.2, 0) is 16.4 Å². The van der Waals surface area contributed by atoms with Crippen LogP contribution in [0, 0.1) is 0 Å². The fourth-order valence-corrected chi connectivity index (χ4v) is 3.92. The third kappa shape index (κ3) is 1.35. The molecule has 1 aromatic carbocycles. The van der Waals surface area contributed by atoms with Crippen molar-refractivity contribution in [2.45, 2.75) is 24.4 Å². The van der Waals surface area contributed by atoms with Gasteiger partial charge in [0, 0.05) is 11.9 Å². The van der Waals surface area contributed by atoms with Crippen LogP contribution in [0.2, 0.25) is 0 Å². The Balaban J connectivity index is 2.41. The lowest BCUT2D eigenvalue weighted by Gasteiger charge is -2.01. The molecule has 0 aliphatic carbocycles. The van der Waals surface area contributed by atoms with Crippen molar-refractivity contribution in [3.05, 3.63) is 24.3 Å². The molecule has 0 radical (unpaired) electrons. The largest absolute Gasteiger partial charge is 0.253 e. The molecule has 3 rings (SSSR count). The zero-order valence-corrected chi connectivity index (χ0v) is 9.57. The van der Waals surface area contributed by atoms with E-state index in [0.717, 1.165) is 23.7 Å². The van der Waals surface area contributed by atoms with Gasteiger partial charge < -0.3 is 0 Å². The molecule has 1 aromatic heterocycles.